The summed E-state index contributed by atoms with van der Waals surface area (Å²) in [7, 11) is -6.87. The predicted octanol–water partition coefficient (Wildman–Crippen LogP) is 10.5. The topological polar surface area (TPSA) is 246 Å². The Hall–Kier alpha value is -5.87. The van der Waals surface area contributed by atoms with Crippen molar-refractivity contribution in [3.63, 3.8) is 0 Å². The van der Waals surface area contributed by atoms with Gasteiger partial charge in [0.05, 0.1) is 29.6 Å². The Morgan fingerprint density at radius 2 is 1.11 bits per heavy atom. The van der Waals surface area contributed by atoms with Crippen LogP contribution in [0.5, 0.6) is 5.75 Å². The molecule has 2 saturated heterocycles. The number of nitrogens with one attached hydrogen (secondary N) is 2. The van der Waals surface area contributed by atoms with E-state index in [2.05, 4.69) is 135 Å². The van der Waals surface area contributed by atoms with Crippen LogP contribution in [0.3, 0.4) is 0 Å². The summed E-state index contributed by atoms with van der Waals surface area (Å²) < 4.78 is 62.3. The highest BCUT2D eigenvalue weighted by Crippen LogP contribution is 2.41. The lowest BCUT2D eigenvalue weighted by Crippen LogP contribution is -2.41. The van der Waals surface area contributed by atoms with E-state index in [9.17, 15) is 26.4 Å². The van der Waals surface area contributed by atoms with E-state index < -0.39 is 31.9 Å². The van der Waals surface area contributed by atoms with E-state index in [0.717, 1.165) is 45.7 Å². The van der Waals surface area contributed by atoms with E-state index in [-0.39, 0.29) is 63.3 Å². The highest BCUT2D eigenvalue weighted by atomic mass is 127. The minimum atomic E-state index is -4.29. The van der Waals surface area contributed by atoms with E-state index in [1.807, 2.05) is 36.4 Å². The fraction of sp³-hybridized carbons (Fsp3) is 0.434. The minimum absolute atomic E-state index is 0. The number of pyridine rings is 4. The molecule has 6 heterocycles. The summed E-state index contributed by atoms with van der Waals surface area (Å²) in [6.07, 6.45) is 5.69. The number of halogens is 1. The summed E-state index contributed by atoms with van der Waals surface area (Å²) in [6, 6.07) is 19.6. The molecule has 2 amide bonds. The molecule has 1 aromatic carbocycles. The van der Waals surface area contributed by atoms with Crippen molar-refractivity contribution < 1.29 is 39.7 Å². The molecule has 6 N–H and O–H groups in total. The number of amides is 2. The van der Waals surface area contributed by atoms with Crippen molar-refractivity contribution in [2.45, 2.75) is 128 Å². The Kier molecular flexibility index (Phi) is 16.4. The standard InChI is InChI=1S/C31H39N5O4S.C22H30IN5O3S.6H2/c1-20-18-31(5,6)36(19-20)28-24(29(37)35-41(38,39)26-10-8-9-25(32)33-26)17-22(27(34-28)30(2,3)4)14-11-21-12-15-23(40-7)16-13-21;1-13-11-22(5,6)28(12-13)19-14(10-15(23)18(26-19)21(2,3)4)20(29)27-32(30,31)17-9-7-8-16(24)25-17;;;;;;/h8-17,20H,18-19H2,1-7H3,(H2,32,33)(H,35,37);7-10,13H,11-12H2,1-6H3,(H2,24,25)(H,27,29);6*1H/b14-11+;;;;;;;/t20-;13-;;;;;;/m00....../s1. The number of ether oxygens (including phenoxy) is 1. The summed E-state index contributed by atoms with van der Waals surface area (Å²) >= 11 is 2.15. The van der Waals surface area contributed by atoms with E-state index >= 15 is 0 Å². The van der Waals surface area contributed by atoms with E-state index in [1.54, 1.807) is 19.2 Å². The molecule has 4 aromatic heterocycles. The predicted molar refractivity (Wildman–Crippen MR) is 310 cm³/mol. The van der Waals surface area contributed by atoms with E-state index in [0.29, 0.717) is 35.6 Å². The van der Waals surface area contributed by atoms with Crippen molar-refractivity contribution in [1.29, 1.82) is 0 Å². The van der Waals surface area contributed by atoms with Crippen molar-refractivity contribution in [1.82, 2.24) is 29.4 Å². The maximum absolute atomic E-state index is 13.8. The molecule has 73 heavy (non-hydrogen) atoms. The molecule has 0 aliphatic carbocycles. The third kappa shape index (κ3) is 13.3. The molecule has 0 bridgehead atoms. The van der Waals surface area contributed by atoms with Gasteiger partial charge in [-0.15, -0.1) is 0 Å². The number of sulfonamides is 2. The first kappa shape index (κ1) is 56.4. The number of hydrogen-bond acceptors (Lipinski definition) is 15. The lowest BCUT2D eigenvalue weighted by atomic mass is 9.87. The number of anilines is 4. The summed E-state index contributed by atoms with van der Waals surface area (Å²) in [5.74, 6) is 1.06. The van der Waals surface area contributed by atoms with E-state index in [4.69, 9.17) is 26.2 Å². The fourth-order valence-electron chi connectivity index (χ4n) is 9.44. The van der Waals surface area contributed by atoms with Gasteiger partial charge in [-0.1, -0.05) is 91.8 Å². The molecule has 404 valence electrons. The molecular weight excluding hydrogens is 1080 g/mol. The van der Waals surface area contributed by atoms with Crippen LogP contribution in [0.15, 0.2) is 82.8 Å². The molecule has 5 aromatic rings. The van der Waals surface area contributed by atoms with Gasteiger partial charge in [-0.3, -0.25) is 9.59 Å². The number of aromatic nitrogens is 4. The van der Waals surface area contributed by atoms with E-state index in [1.165, 1.54) is 36.4 Å². The first-order valence-electron chi connectivity index (χ1n) is 24.0. The average Bonchev–Trinajstić information content (AvgIpc) is 3.73. The number of methoxy groups -OCH3 is 1. The number of nitrogens with two attached hydrogens (primary N) is 2. The molecule has 2 atom stereocenters. The Morgan fingerprint density at radius 3 is 1.49 bits per heavy atom. The molecule has 7 rings (SSSR count). The van der Waals surface area contributed by atoms with Crippen LogP contribution < -0.4 is 35.4 Å². The quantitative estimate of drug-likeness (QED) is 0.0899. The van der Waals surface area contributed by atoms with Gasteiger partial charge in [0.25, 0.3) is 31.9 Å². The highest BCUT2D eigenvalue weighted by Gasteiger charge is 2.42. The molecular formula is C53H81IN10O7S2. The zero-order valence-electron chi connectivity index (χ0n) is 44.0. The number of nitrogen functional groups attached to an aromatic ring is 2. The van der Waals surface area contributed by atoms with Gasteiger partial charge in [0.1, 0.15) is 29.0 Å². The molecule has 17 nitrogen and oxygen atoms in total. The second-order valence-corrected chi connectivity index (χ2v) is 26.6. The molecule has 0 unspecified atom stereocenters. The normalized spacial score (nSPS) is 17.8. The smallest absolute Gasteiger partial charge is 0.281 e. The molecule has 20 heteroatoms. The number of carbonyl (C=O) groups is 2. The molecule has 2 fully saturated rings. The van der Waals surface area contributed by atoms with Gasteiger partial charge in [0, 0.05) is 47.1 Å². The van der Waals surface area contributed by atoms with Crippen LogP contribution in [0.4, 0.5) is 23.3 Å². The second-order valence-electron chi connectivity index (χ2n) is 22.2. The first-order valence-corrected chi connectivity index (χ1v) is 28.0. The van der Waals surface area contributed by atoms with Crippen LogP contribution in [-0.4, -0.2) is 79.9 Å². The third-order valence-electron chi connectivity index (χ3n) is 12.6. The number of rotatable bonds is 11. The average molecular weight is 1160 g/mol. The van der Waals surface area contributed by atoms with Gasteiger partial charge in [0.15, 0.2) is 10.1 Å². The Morgan fingerprint density at radius 1 is 0.685 bits per heavy atom. The van der Waals surface area contributed by atoms with Crippen LogP contribution >= 0.6 is 22.6 Å². The van der Waals surface area contributed by atoms with Gasteiger partial charge >= 0.3 is 0 Å². The van der Waals surface area contributed by atoms with Crippen molar-refractivity contribution in [3.8, 4) is 5.75 Å². The maximum Gasteiger partial charge on any atom is 0.281 e. The SMILES string of the molecule is COc1ccc(/C=C/c2cc(C(=O)NS(=O)(=O)c3cccc(N)n3)c(N3C[C@@H](C)CC3(C)C)nc2C(C)(C)C)cc1.C[C@@H]1CN(c2nc(C(C)(C)C)c(I)cc2C(=O)NS(=O)(=O)c2cccc(N)n2)C(C)(C)C1.[HH].[HH].[HH].[HH].[HH].[HH]. The monoisotopic (exact) mass is 1160 g/mol. The number of benzene rings is 1. The minimum Gasteiger partial charge on any atom is -0.497 e. The van der Waals surface area contributed by atoms with Crippen LogP contribution in [-0.2, 0) is 30.9 Å². The summed E-state index contributed by atoms with van der Waals surface area (Å²) in [4.78, 5) is 49.1. The molecule has 2 aliphatic heterocycles. The summed E-state index contributed by atoms with van der Waals surface area (Å²) in [6.45, 7) is 26.6. The molecule has 2 aliphatic rings. The van der Waals surface area contributed by atoms with Gasteiger partial charge in [0.2, 0.25) is 0 Å². The largest absolute Gasteiger partial charge is 0.497 e. The number of carbonyl (C=O) groups excluding carboxylic acids is 2. The van der Waals surface area contributed by atoms with Crippen LogP contribution in [0.2, 0.25) is 0 Å². The van der Waals surface area contributed by atoms with Crippen molar-refractivity contribution >= 4 is 89.9 Å². The Balaban J connectivity index is 0.00000147. The fourth-order valence-corrected chi connectivity index (χ4v) is 12.6. The summed E-state index contributed by atoms with van der Waals surface area (Å²) in [5, 5.41) is -0.641. The lowest BCUT2D eigenvalue weighted by molar-refractivity contribution is 0.0972. The van der Waals surface area contributed by atoms with Gasteiger partial charge in [-0.25, -0.2) is 29.4 Å². The molecule has 0 radical (unpaired) electrons. The zero-order valence-corrected chi connectivity index (χ0v) is 47.7. The first-order chi connectivity index (χ1) is 33.7. The third-order valence-corrected chi connectivity index (χ3v) is 15.9. The van der Waals surface area contributed by atoms with Gasteiger partial charge in [-0.2, -0.15) is 16.8 Å². The van der Waals surface area contributed by atoms with Crippen LogP contribution in [0, 0.1) is 15.4 Å². The second kappa shape index (κ2) is 21.2. The van der Waals surface area contributed by atoms with Gasteiger partial charge in [-0.05, 0) is 135 Å². The number of hydrogen-bond donors (Lipinski definition) is 4. The van der Waals surface area contributed by atoms with Crippen LogP contribution in [0.1, 0.15) is 148 Å². The van der Waals surface area contributed by atoms with Gasteiger partial charge < -0.3 is 26.0 Å². The Bertz CT molecular complexity index is 3180. The molecule has 0 saturated carbocycles. The van der Waals surface area contributed by atoms with Crippen molar-refractivity contribution in [2.75, 3.05) is 41.5 Å². The Labute approximate surface area is 453 Å². The highest BCUT2D eigenvalue weighted by molar-refractivity contribution is 14.1. The maximum atomic E-state index is 13.8. The zero-order chi connectivity index (χ0) is 54.2. The lowest BCUT2D eigenvalue weighted by Gasteiger charge is -2.35. The van der Waals surface area contributed by atoms with Crippen LogP contribution in [0.25, 0.3) is 12.2 Å². The molecule has 0 spiro atoms. The van der Waals surface area contributed by atoms with Crippen molar-refractivity contribution in [2.24, 2.45) is 11.8 Å². The van der Waals surface area contributed by atoms with Crippen molar-refractivity contribution in [3.05, 3.63) is 110 Å². The number of nitrogens with zero attached hydrogens (tertiary/aromatic N) is 6. The summed E-state index contributed by atoms with van der Waals surface area (Å²) in [5.41, 5.74) is 13.9.